The van der Waals surface area contributed by atoms with Crippen LogP contribution >= 0.6 is 0 Å². The first-order valence-corrected chi connectivity index (χ1v) is 6.77. The zero-order chi connectivity index (χ0) is 15.2. The molecule has 2 aromatic rings. The molecule has 0 fully saturated rings. The first-order valence-electron chi connectivity index (χ1n) is 6.77. The van der Waals surface area contributed by atoms with E-state index in [1.54, 1.807) is 31.4 Å². The van der Waals surface area contributed by atoms with E-state index in [-0.39, 0.29) is 11.7 Å². The van der Waals surface area contributed by atoms with Gasteiger partial charge in [0.15, 0.2) is 0 Å². The fourth-order valence-electron chi connectivity index (χ4n) is 2.07. The van der Waals surface area contributed by atoms with Gasteiger partial charge in [-0.15, -0.1) is 0 Å². The monoisotopic (exact) mass is 287 g/mol. The lowest BCUT2D eigenvalue weighted by molar-refractivity contribution is 0.0951. The number of aryl methyl sites for hydroxylation is 1. The summed E-state index contributed by atoms with van der Waals surface area (Å²) in [5.74, 6) is 0.129. The van der Waals surface area contributed by atoms with E-state index in [1.165, 1.54) is 12.1 Å². The van der Waals surface area contributed by atoms with E-state index in [2.05, 4.69) is 5.32 Å². The van der Waals surface area contributed by atoms with Crippen LogP contribution in [0.3, 0.4) is 0 Å². The molecular weight excluding hydrogens is 269 g/mol. The minimum atomic E-state index is -0.257. The fraction of sp³-hybridized carbons (Fsp3) is 0.235. The van der Waals surface area contributed by atoms with Crippen LogP contribution in [0.5, 0.6) is 5.75 Å². The standard InChI is InChI=1S/C17H18FNO2/c1-12-3-8-16(21-2)15(11-12)17(20)19-10-9-13-4-6-14(18)7-5-13/h3-8,11H,9-10H2,1-2H3,(H,19,20). The van der Waals surface area contributed by atoms with Crippen molar-refractivity contribution < 1.29 is 13.9 Å². The zero-order valence-corrected chi connectivity index (χ0v) is 12.2. The fourth-order valence-corrected chi connectivity index (χ4v) is 2.07. The Morgan fingerprint density at radius 1 is 1.19 bits per heavy atom. The maximum Gasteiger partial charge on any atom is 0.255 e. The van der Waals surface area contributed by atoms with Crippen LogP contribution in [0, 0.1) is 12.7 Å². The normalized spacial score (nSPS) is 10.2. The molecule has 0 unspecified atom stereocenters. The van der Waals surface area contributed by atoms with E-state index in [4.69, 9.17) is 4.74 Å². The second-order valence-electron chi connectivity index (χ2n) is 4.84. The van der Waals surface area contributed by atoms with E-state index in [9.17, 15) is 9.18 Å². The molecule has 0 saturated heterocycles. The maximum absolute atomic E-state index is 12.8. The third kappa shape index (κ3) is 4.05. The lowest BCUT2D eigenvalue weighted by Crippen LogP contribution is -2.26. The minimum absolute atomic E-state index is 0.169. The molecule has 110 valence electrons. The van der Waals surface area contributed by atoms with E-state index < -0.39 is 0 Å². The predicted octanol–water partition coefficient (Wildman–Crippen LogP) is 3.12. The summed E-state index contributed by atoms with van der Waals surface area (Å²) in [6, 6.07) is 11.7. The van der Waals surface area contributed by atoms with Crippen molar-refractivity contribution in [3.05, 3.63) is 65.0 Å². The van der Waals surface area contributed by atoms with Crippen LogP contribution in [0.4, 0.5) is 4.39 Å². The van der Waals surface area contributed by atoms with E-state index in [0.717, 1.165) is 11.1 Å². The Balaban J connectivity index is 1.95. The number of carbonyl (C=O) groups excluding carboxylic acids is 1. The Labute approximate surface area is 123 Å². The Kier molecular flexibility index (Phi) is 4.93. The second kappa shape index (κ2) is 6.88. The zero-order valence-electron chi connectivity index (χ0n) is 12.2. The van der Waals surface area contributed by atoms with Gasteiger partial charge < -0.3 is 10.1 Å². The van der Waals surface area contributed by atoms with Gasteiger partial charge in [-0.3, -0.25) is 4.79 Å². The summed E-state index contributed by atoms with van der Waals surface area (Å²) in [6.07, 6.45) is 0.653. The van der Waals surface area contributed by atoms with Crippen molar-refractivity contribution in [3.8, 4) is 5.75 Å². The number of methoxy groups -OCH3 is 1. The molecule has 0 spiro atoms. The van der Waals surface area contributed by atoms with E-state index >= 15 is 0 Å². The number of hydrogen-bond acceptors (Lipinski definition) is 2. The van der Waals surface area contributed by atoms with Crippen molar-refractivity contribution >= 4 is 5.91 Å². The molecule has 0 aliphatic heterocycles. The van der Waals surface area contributed by atoms with Gasteiger partial charge >= 0.3 is 0 Å². The number of amides is 1. The van der Waals surface area contributed by atoms with Gasteiger partial charge in [-0.05, 0) is 43.2 Å². The van der Waals surface area contributed by atoms with Crippen LogP contribution < -0.4 is 10.1 Å². The third-order valence-electron chi connectivity index (χ3n) is 3.21. The molecule has 2 rings (SSSR count). The quantitative estimate of drug-likeness (QED) is 0.917. The Morgan fingerprint density at radius 2 is 1.90 bits per heavy atom. The summed E-state index contributed by atoms with van der Waals surface area (Å²) >= 11 is 0. The lowest BCUT2D eigenvalue weighted by atomic mass is 10.1. The molecule has 0 aliphatic carbocycles. The maximum atomic E-state index is 12.8. The van der Waals surface area contributed by atoms with Crippen molar-refractivity contribution in [1.82, 2.24) is 5.32 Å². The van der Waals surface area contributed by atoms with Gasteiger partial charge in [-0.2, -0.15) is 0 Å². The Hall–Kier alpha value is -2.36. The minimum Gasteiger partial charge on any atom is -0.496 e. The van der Waals surface area contributed by atoms with Crippen LogP contribution in [0.15, 0.2) is 42.5 Å². The first-order chi connectivity index (χ1) is 10.1. The van der Waals surface area contributed by atoms with Crippen molar-refractivity contribution in [2.75, 3.05) is 13.7 Å². The highest BCUT2D eigenvalue weighted by atomic mass is 19.1. The molecule has 0 bridgehead atoms. The number of hydrogen-bond donors (Lipinski definition) is 1. The molecule has 3 nitrogen and oxygen atoms in total. The molecule has 2 aromatic carbocycles. The van der Waals surface area contributed by atoms with Crippen molar-refractivity contribution in [3.63, 3.8) is 0 Å². The highest BCUT2D eigenvalue weighted by Crippen LogP contribution is 2.19. The molecule has 4 heteroatoms. The summed E-state index contributed by atoms with van der Waals surface area (Å²) in [5, 5.41) is 2.85. The van der Waals surface area contributed by atoms with Gasteiger partial charge in [-0.1, -0.05) is 23.8 Å². The number of nitrogens with one attached hydrogen (secondary N) is 1. The van der Waals surface area contributed by atoms with Crippen molar-refractivity contribution in [1.29, 1.82) is 0 Å². The summed E-state index contributed by atoms with van der Waals surface area (Å²) < 4.78 is 18.0. The van der Waals surface area contributed by atoms with E-state index in [1.807, 2.05) is 13.0 Å². The summed E-state index contributed by atoms with van der Waals surface area (Å²) in [4.78, 5) is 12.2. The lowest BCUT2D eigenvalue weighted by Gasteiger charge is -2.10. The van der Waals surface area contributed by atoms with Crippen LogP contribution in [0.25, 0.3) is 0 Å². The van der Waals surface area contributed by atoms with Gasteiger partial charge in [0, 0.05) is 6.54 Å². The van der Waals surface area contributed by atoms with Gasteiger partial charge in [0.25, 0.3) is 5.91 Å². The molecule has 0 saturated carbocycles. The largest absolute Gasteiger partial charge is 0.496 e. The molecule has 1 N–H and O–H groups in total. The van der Waals surface area contributed by atoms with Crippen molar-refractivity contribution in [2.45, 2.75) is 13.3 Å². The molecule has 21 heavy (non-hydrogen) atoms. The molecule has 0 aromatic heterocycles. The van der Waals surface area contributed by atoms with Crippen molar-refractivity contribution in [2.24, 2.45) is 0 Å². The first kappa shape index (κ1) is 15.0. The van der Waals surface area contributed by atoms with Crippen LogP contribution in [0.2, 0.25) is 0 Å². The SMILES string of the molecule is COc1ccc(C)cc1C(=O)NCCc1ccc(F)cc1. The predicted molar refractivity (Wildman–Crippen MR) is 80.2 cm³/mol. The van der Waals surface area contributed by atoms with Crippen LogP contribution in [0.1, 0.15) is 21.5 Å². The highest BCUT2D eigenvalue weighted by Gasteiger charge is 2.11. The Bertz CT molecular complexity index is 623. The number of benzene rings is 2. The van der Waals surface area contributed by atoms with Gasteiger partial charge in [0.2, 0.25) is 0 Å². The molecule has 1 amide bonds. The molecular formula is C17H18FNO2. The molecule has 0 aliphatic rings. The summed E-state index contributed by atoms with van der Waals surface area (Å²) in [6.45, 7) is 2.41. The summed E-state index contributed by atoms with van der Waals surface area (Å²) in [5.41, 5.74) is 2.50. The number of halogens is 1. The Morgan fingerprint density at radius 3 is 2.57 bits per heavy atom. The van der Waals surface area contributed by atoms with E-state index in [0.29, 0.717) is 24.3 Å². The highest BCUT2D eigenvalue weighted by molar-refractivity contribution is 5.97. The second-order valence-corrected chi connectivity index (χ2v) is 4.84. The summed E-state index contributed by atoms with van der Waals surface area (Å²) in [7, 11) is 1.54. The smallest absolute Gasteiger partial charge is 0.255 e. The average Bonchev–Trinajstić information content (AvgIpc) is 2.49. The number of ether oxygens (including phenoxy) is 1. The third-order valence-corrected chi connectivity index (χ3v) is 3.21. The molecule has 0 atom stereocenters. The molecule has 0 heterocycles. The number of rotatable bonds is 5. The molecule has 0 radical (unpaired) electrons. The topological polar surface area (TPSA) is 38.3 Å². The van der Waals surface area contributed by atoms with Crippen LogP contribution in [-0.4, -0.2) is 19.6 Å². The van der Waals surface area contributed by atoms with Gasteiger partial charge in [0.05, 0.1) is 12.7 Å². The van der Waals surface area contributed by atoms with Gasteiger partial charge in [-0.25, -0.2) is 4.39 Å². The average molecular weight is 287 g/mol. The van der Waals surface area contributed by atoms with Crippen LogP contribution in [-0.2, 0) is 6.42 Å². The number of carbonyl (C=O) groups is 1. The van der Waals surface area contributed by atoms with Gasteiger partial charge in [0.1, 0.15) is 11.6 Å².